The molecule has 220 valence electrons. The molecule has 43 heavy (non-hydrogen) atoms. The first kappa shape index (κ1) is 28.8. The molecule has 3 aromatic carbocycles. The lowest BCUT2D eigenvalue weighted by molar-refractivity contribution is 0.466. The van der Waals surface area contributed by atoms with E-state index in [9.17, 15) is 8.42 Å². The molecule has 1 saturated heterocycles. The molecule has 1 aliphatic rings. The zero-order valence-electron chi connectivity index (χ0n) is 24.3. The molecule has 2 aromatic heterocycles. The molecule has 0 radical (unpaired) electrons. The average Bonchev–Trinajstić information content (AvgIpc) is 3.03. The molecule has 6 rings (SSSR count). The van der Waals surface area contributed by atoms with Gasteiger partial charge in [-0.05, 0) is 73.5 Å². The Balaban J connectivity index is 1.32. The summed E-state index contributed by atoms with van der Waals surface area (Å²) in [5.41, 5.74) is 3.86. The first-order chi connectivity index (χ1) is 20.9. The van der Waals surface area contributed by atoms with Crippen LogP contribution < -0.4 is 15.4 Å². The molecular formula is C34H35N5O3S. The molecule has 2 N–H and O–H groups in total. The van der Waals surface area contributed by atoms with Crippen molar-refractivity contribution in [3.05, 3.63) is 108 Å². The Morgan fingerprint density at radius 3 is 2.63 bits per heavy atom. The third kappa shape index (κ3) is 6.38. The van der Waals surface area contributed by atoms with Crippen LogP contribution in [0.2, 0.25) is 0 Å². The molecule has 0 saturated carbocycles. The number of sulfone groups is 1. The monoisotopic (exact) mass is 593 g/mol. The van der Waals surface area contributed by atoms with E-state index in [1.807, 2.05) is 85.8 Å². The van der Waals surface area contributed by atoms with Crippen molar-refractivity contribution in [1.29, 1.82) is 0 Å². The Bertz CT molecular complexity index is 1840. The minimum atomic E-state index is -3.47. The summed E-state index contributed by atoms with van der Waals surface area (Å²) < 4.78 is 33.5. The first-order valence-electron chi connectivity index (χ1n) is 14.6. The smallest absolute Gasteiger partial charge is 0.228 e. The first-order valence-corrected chi connectivity index (χ1v) is 16.3. The van der Waals surface area contributed by atoms with Gasteiger partial charge >= 0.3 is 0 Å². The molecule has 0 amide bonds. The van der Waals surface area contributed by atoms with Crippen LogP contribution in [-0.2, 0) is 15.6 Å². The molecule has 0 unspecified atom stereocenters. The van der Waals surface area contributed by atoms with Crippen LogP contribution in [0.5, 0.6) is 11.6 Å². The third-order valence-electron chi connectivity index (χ3n) is 8.00. The van der Waals surface area contributed by atoms with E-state index in [1.54, 1.807) is 19.3 Å². The van der Waals surface area contributed by atoms with Gasteiger partial charge in [-0.25, -0.2) is 23.4 Å². The molecule has 8 nitrogen and oxygen atoms in total. The van der Waals surface area contributed by atoms with Gasteiger partial charge in [-0.2, -0.15) is 0 Å². The maximum Gasteiger partial charge on any atom is 0.228 e. The van der Waals surface area contributed by atoms with Crippen molar-refractivity contribution >= 4 is 26.6 Å². The number of nitrogens with zero attached hydrogens (tertiary/aromatic N) is 3. The van der Waals surface area contributed by atoms with Gasteiger partial charge in [0.1, 0.15) is 5.75 Å². The Morgan fingerprint density at radius 2 is 1.81 bits per heavy atom. The average molecular weight is 594 g/mol. The Kier molecular flexibility index (Phi) is 8.35. The number of ether oxygens (including phenoxy) is 1. The zero-order valence-corrected chi connectivity index (χ0v) is 25.1. The molecule has 1 fully saturated rings. The molecule has 0 bridgehead atoms. The second-order valence-electron chi connectivity index (χ2n) is 11.0. The number of benzene rings is 3. The molecular weight excluding hydrogens is 558 g/mol. The van der Waals surface area contributed by atoms with Crippen molar-refractivity contribution in [2.75, 3.05) is 18.4 Å². The number of pyridine rings is 1. The summed E-state index contributed by atoms with van der Waals surface area (Å²) in [7, 11) is -3.47. The largest absolute Gasteiger partial charge is 0.437 e. The minimum Gasteiger partial charge on any atom is -0.437 e. The van der Waals surface area contributed by atoms with Gasteiger partial charge in [0.05, 0.1) is 22.3 Å². The number of aryl methyl sites for hydroxylation is 1. The summed E-state index contributed by atoms with van der Waals surface area (Å²) >= 11 is 0. The van der Waals surface area contributed by atoms with Crippen molar-refractivity contribution in [3.8, 4) is 22.9 Å². The van der Waals surface area contributed by atoms with Crippen LogP contribution in [0.25, 0.3) is 22.0 Å². The van der Waals surface area contributed by atoms with Crippen LogP contribution >= 0.6 is 0 Å². The number of anilines is 1. The van der Waals surface area contributed by atoms with E-state index in [0.717, 1.165) is 59.0 Å². The van der Waals surface area contributed by atoms with Gasteiger partial charge in [0, 0.05) is 30.4 Å². The zero-order chi connectivity index (χ0) is 29.8. The highest BCUT2D eigenvalue weighted by Crippen LogP contribution is 2.38. The summed E-state index contributed by atoms with van der Waals surface area (Å²) in [4.78, 5) is 13.8. The van der Waals surface area contributed by atoms with E-state index in [2.05, 4.69) is 20.6 Å². The normalized spacial score (nSPS) is 16.1. The molecule has 0 spiro atoms. The van der Waals surface area contributed by atoms with Gasteiger partial charge in [0.15, 0.2) is 9.84 Å². The summed E-state index contributed by atoms with van der Waals surface area (Å²) in [6.45, 7) is 5.64. The SMILES string of the molecule is Cc1ccc2c(CS(=O)(=O)[C@H](C)c3ccccc3)cccc2c1Oc1ncccc1-c1ccnc(N[C@H]2CCCNC2)n1. The Labute approximate surface area is 252 Å². The number of rotatable bonds is 9. The van der Waals surface area contributed by atoms with Crippen LogP contribution in [0, 0.1) is 6.92 Å². The van der Waals surface area contributed by atoms with Crippen molar-refractivity contribution in [2.45, 2.75) is 43.7 Å². The van der Waals surface area contributed by atoms with E-state index in [-0.39, 0.29) is 11.8 Å². The predicted molar refractivity (Wildman–Crippen MR) is 171 cm³/mol. The quantitative estimate of drug-likeness (QED) is 0.196. The van der Waals surface area contributed by atoms with Crippen LogP contribution in [0.15, 0.2) is 91.3 Å². The Morgan fingerprint density at radius 1 is 0.953 bits per heavy atom. The molecule has 3 heterocycles. The number of piperidine rings is 1. The van der Waals surface area contributed by atoms with E-state index in [1.165, 1.54) is 0 Å². The second-order valence-corrected chi connectivity index (χ2v) is 13.3. The van der Waals surface area contributed by atoms with E-state index >= 15 is 0 Å². The fourth-order valence-electron chi connectivity index (χ4n) is 5.54. The van der Waals surface area contributed by atoms with E-state index in [4.69, 9.17) is 9.72 Å². The van der Waals surface area contributed by atoms with E-state index in [0.29, 0.717) is 23.3 Å². The predicted octanol–water partition coefficient (Wildman–Crippen LogP) is 6.63. The fourth-order valence-corrected chi connectivity index (χ4v) is 7.05. The van der Waals surface area contributed by atoms with Crippen molar-refractivity contribution in [1.82, 2.24) is 20.3 Å². The maximum absolute atomic E-state index is 13.5. The Hall–Kier alpha value is -4.34. The van der Waals surface area contributed by atoms with Crippen LogP contribution in [0.4, 0.5) is 5.95 Å². The minimum absolute atomic E-state index is 0.0784. The lowest BCUT2D eigenvalue weighted by atomic mass is 10.0. The number of hydrogen-bond donors (Lipinski definition) is 2. The lowest BCUT2D eigenvalue weighted by Gasteiger charge is -2.23. The topological polar surface area (TPSA) is 106 Å². The van der Waals surface area contributed by atoms with Gasteiger partial charge in [-0.15, -0.1) is 0 Å². The van der Waals surface area contributed by atoms with E-state index < -0.39 is 15.1 Å². The van der Waals surface area contributed by atoms with Gasteiger partial charge in [0.25, 0.3) is 0 Å². The summed E-state index contributed by atoms with van der Waals surface area (Å²) in [6, 6.07) is 24.9. The molecule has 0 aliphatic carbocycles. The number of fused-ring (bicyclic) bond motifs is 1. The van der Waals surface area contributed by atoms with Crippen LogP contribution in [-0.4, -0.2) is 42.5 Å². The standard InChI is InChI=1S/C34H35N5O3S/c1-23-15-16-28-26(22-43(40,41)24(2)25-9-4-3-5-10-25)11-6-13-29(28)32(23)42-33-30(14-8-19-36-33)31-17-20-37-34(39-31)38-27-12-7-18-35-21-27/h3-6,8-11,13-17,19-20,24,27,35H,7,12,18,21-22H2,1-2H3,(H,37,38,39)/t24-,27+/m1/s1. The number of nitrogens with one attached hydrogen (secondary N) is 2. The van der Waals surface area contributed by atoms with Crippen molar-refractivity contribution in [3.63, 3.8) is 0 Å². The van der Waals surface area contributed by atoms with Crippen molar-refractivity contribution in [2.24, 2.45) is 0 Å². The fraction of sp³-hybridized carbons (Fsp3) is 0.265. The number of aromatic nitrogens is 3. The highest BCUT2D eigenvalue weighted by atomic mass is 32.2. The summed E-state index contributed by atoms with van der Waals surface area (Å²) in [5, 5.41) is 7.88. The molecule has 1 aliphatic heterocycles. The van der Waals surface area contributed by atoms with Crippen LogP contribution in [0.3, 0.4) is 0 Å². The van der Waals surface area contributed by atoms with Crippen molar-refractivity contribution < 1.29 is 13.2 Å². The molecule has 5 aromatic rings. The van der Waals surface area contributed by atoms with Crippen LogP contribution in [0.1, 0.15) is 41.7 Å². The molecule has 9 heteroatoms. The maximum atomic E-state index is 13.5. The summed E-state index contributed by atoms with van der Waals surface area (Å²) in [5.74, 6) is 1.54. The second kappa shape index (κ2) is 12.5. The van der Waals surface area contributed by atoms with Gasteiger partial charge in [0.2, 0.25) is 11.8 Å². The lowest BCUT2D eigenvalue weighted by Crippen LogP contribution is -2.38. The highest BCUT2D eigenvalue weighted by Gasteiger charge is 2.24. The molecule has 2 atom stereocenters. The van der Waals surface area contributed by atoms with Gasteiger partial charge in [-0.1, -0.05) is 60.7 Å². The third-order valence-corrected chi connectivity index (χ3v) is 10.1. The summed E-state index contributed by atoms with van der Waals surface area (Å²) in [6.07, 6.45) is 5.61. The highest BCUT2D eigenvalue weighted by molar-refractivity contribution is 7.90. The number of hydrogen-bond acceptors (Lipinski definition) is 8. The van der Waals surface area contributed by atoms with Gasteiger partial charge in [-0.3, -0.25) is 0 Å². The van der Waals surface area contributed by atoms with Gasteiger partial charge < -0.3 is 15.4 Å².